The van der Waals surface area contributed by atoms with Gasteiger partial charge in [-0.25, -0.2) is 0 Å². The zero-order chi connectivity index (χ0) is 15.9. The summed E-state index contributed by atoms with van der Waals surface area (Å²) in [5.41, 5.74) is 1.92. The van der Waals surface area contributed by atoms with E-state index in [0.717, 1.165) is 22.7 Å². The van der Waals surface area contributed by atoms with Crippen LogP contribution in [0.1, 0.15) is 12.5 Å². The molecule has 0 fully saturated rings. The average Bonchev–Trinajstić information content (AvgIpc) is 2.55. The molecule has 0 unspecified atom stereocenters. The second kappa shape index (κ2) is 7.50. The Hall–Kier alpha value is -2.49. The molecular formula is C18H21NO3. The first kappa shape index (κ1) is 15.9. The second-order valence-corrected chi connectivity index (χ2v) is 4.93. The molecule has 0 saturated heterocycles. The van der Waals surface area contributed by atoms with E-state index in [-0.39, 0.29) is 5.91 Å². The van der Waals surface area contributed by atoms with Crippen LogP contribution in [0.25, 0.3) is 0 Å². The third-order valence-electron chi connectivity index (χ3n) is 3.54. The summed E-state index contributed by atoms with van der Waals surface area (Å²) in [4.78, 5) is 13.7. The van der Waals surface area contributed by atoms with E-state index in [1.54, 1.807) is 26.0 Å². The molecule has 0 aromatic heterocycles. The van der Waals surface area contributed by atoms with Crippen LogP contribution < -0.4 is 14.4 Å². The number of para-hydroxylation sites is 1. The SMILES string of the molecule is COc1ccc(OC)c(CCN(C(C)=O)c2ccccc2)c1. The molecule has 0 atom stereocenters. The van der Waals surface area contributed by atoms with Crippen LogP contribution in [0.5, 0.6) is 11.5 Å². The maximum Gasteiger partial charge on any atom is 0.223 e. The number of rotatable bonds is 6. The normalized spacial score (nSPS) is 10.1. The van der Waals surface area contributed by atoms with E-state index < -0.39 is 0 Å². The minimum absolute atomic E-state index is 0.0214. The fourth-order valence-electron chi connectivity index (χ4n) is 2.39. The van der Waals surface area contributed by atoms with Gasteiger partial charge in [0, 0.05) is 19.2 Å². The molecule has 1 amide bonds. The summed E-state index contributed by atoms with van der Waals surface area (Å²) < 4.78 is 10.6. The van der Waals surface area contributed by atoms with Crippen LogP contribution in [0, 0.1) is 0 Å². The quantitative estimate of drug-likeness (QED) is 0.821. The van der Waals surface area contributed by atoms with Crippen molar-refractivity contribution in [2.24, 2.45) is 0 Å². The lowest BCUT2D eigenvalue weighted by atomic mass is 10.1. The molecule has 0 aliphatic rings. The summed E-state index contributed by atoms with van der Waals surface area (Å²) in [7, 11) is 3.28. The maximum atomic E-state index is 11.9. The Kier molecular flexibility index (Phi) is 5.42. The zero-order valence-corrected chi connectivity index (χ0v) is 13.2. The van der Waals surface area contributed by atoms with E-state index in [2.05, 4.69) is 0 Å². The van der Waals surface area contributed by atoms with Crippen LogP contribution in [0.15, 0.2) is 48.5 Å². The molecule has 0 radical (unpaired) electrons. The summed E-state index contributed by atoms with van der Waals surface area (Å²) in [6.07, 6.45) is 0.689. The topological polar surface area (TPSA) is 38.8 Å². The van der Waals surface area contributed by atoms with Gasteiger partial charge in [-0.1, -0.05) is 18.2 Å². The van der Waals surface area contributed by atoms with E-state index in [1.165, 1.54) is 0 Å². The van der Waals surface area contributed by atoms with Crippen molar-refractivity contribution in [3.05, 3.63) is 54.1 Å². The van der Waals surface area contributed by atoms with Crippen molar-refractivity contribution < 1.29 is 14.3 Å². The van der Waals surface area contributed by atoms with Crippen molar-refractivity contribution in [1.29, 1.82) is 0 Å². The monoisotopic (exact) mass is 299 g/mol. The van der Waals surface area contributed by atoms with Gasteiger partial charge in [0.15, 0.2) is 0 Å². The maximum absolute atomic E-state index is 11.9. The summed E-state index contributed by atoms with van der Waals surface area (Å²) in [5.74, 6) is 1.61. The summed E-state index contributed by atoms with van der Waals surface area (Å²) >= 11 is 0. The Morgan fingerprint density at radius 2 is 1.77 bits per heavy atom. The highest BCUT2D eigenvalue weighted by molar-refractivity contribution is 5.91. The number of carbonyl (C=O) groups excluding carboxylic acids is 1. The Morgan fingerprint density at radius 1 is 1.05 bits per heavy atom. The Balaban J connectivity index is 2.18. The first-order valence-electron chi connectivity index (χ1n) is 7.19. The molecule has 4 nitrogen and oxygen atoms in total. The van der Waals surface area contributed by atoms with Gasteiger partial charge in [-0.2, -0.15) is 0 Å². The number of nitrogens with zero attached hydrogens (tertiary/aromatic N) is 1. The molecule has 2 aromatic rings. The van der Waals surface area contributed by atoms with Gasteiger partial charge in [-0.3, -0.25) is 4.79 Å². The van der Waals surface area contributed by atoms with Crippen LogP contribution >= 0.6 is 0 Å². The van der Waals surface area contributed by atoms with E-state index >= 15 is 0 Å². The lowest BCUT2D eigenvalue weighted by Gasteiger charge is -2.22. The van der Waals surface area contributed by atoms with Crippen molar-refractivity contribution >= 4 is 11.6 Å². The summed E-state index contributed by atoms with van der Waals surface area (Å²) in [5, 5.41) is 0. The fourth-order valence-corrected chi connectivity index (χ4v) is 2.39. The smallest absolute Gasteiger partial charge is 0.223 e. The highest BCUT2D eigenvalue weighted by Crippen LogP contribution is 2.25. The lowest BCUT2D eigenvalue weighted by Crippen LogP contribution is -2.30. The number of carbonyl (C=O) groups is 1. The van der Waals surface area contributed by atoms with Crippen molar-refractivity contribution in [2.75, 3.05) is 25.7 Å². The van der Waals surface area contributed by atoms with Gasteiger partial charge in [-0.15, -0.1) is 0 Å². The first-order valence-corrected chi connectivity index (χ1v) is 7.19. The minimum Gasteiger partial charge on any atom is -0.497 e. The highest BCUT2D eigenvalue weighted by atomic mass is 16.5. The number of methoxy groups -OCH3 is 2. The molecule has 0 aliphatic carbocycles. The molecule has 0 spiro atoms. The van der Waals surface area contributed by atoms with Crippen molar-refractivity contribution in [1.82, 2.24) is 0 Å². The lowest BCUT2D eigenvalue weighted by molar-refractivity contribution is -0.116. The second-order valence-electron chi connectivity index (χ2n) is 4.93. The number of amides is 1. The molecule has 4 heteroatoms. The predicted octanol–water partition coefficient (Wildman–Crippen LogP) is 3.30. The molecule has 116 valence electrons. The zero-order valence-electron chi connectivity index (χ0n) is 13.2. The van der Waals surface area contributed by atoms with Gasteiger partial charge in [0.2, 0.25) is 5.91 Å². The van der Waals surface area contributed by atoms with Gasteiger partial charge in [0.25, 0.3) is 0 Å². The van der Waals surface area contributed by atoms with Crippen molar-refractivity contribution in [3.8, 4) is 11.5 Å². The standard InChI is InChI=1S/C18H21NO3/c1-14(20)19(16-7-5-4-6-8-16)12-11-15-13-17(21-2)9-10-18(15)22-3/h4-10,13H,11-12H2,1-3H3. The van der Waals surface area contributed by atoms with Gasteiger partial charge in [0.1, 0.15) is 11.5 Å². The molecule has 22 heavy (non-hydrogen) atoms. The number of anilines is 1. The Morgan fingerprint density at radius 3 is 2.36 bits per heavy atom. The van der Waals surface area contributed by atoms with Crippen LogP contribution in [0.2, 0.25) is 0 Å². The van der Waals surface area contributed by atoms with E-state index in [4.69, 9.17) is 9.47 Å². The van der Waals surface area contributed by atoms with Crippen LogP contribution in [-0.4, -0.2) is 26.7 Å². The van der Waals surface area contributed by atoms with Gasteiger partial charge >= 0.3 is 0 Å². The molecular weight excluding hydrogens is 278 g/mol. The predicted molar refractivity (Wildman–Crippen MR) is 87.7 cm³/mol. The van der Waals surface area contributed by atoms with E-state index in [1.807, 2.05) is 48.5 Å². The van der Waals surface area contributed by atoms with Gasteiger partial charge < -0.3 is 14.4 Å². The van der Waals surface area contributed by atoms with Gasteiger partial charge in [-0.05, 0) is 42.3 Å². The van der Waals surface area contributed by atoms with Crippen molar-refractivity contribution in [2.45, 2.75) is 13.3 Å². The minimum atomic E-state index is 0.0214. The Bertz CT molecular complexity index is 625. The third kappa shape index (κ3) is 3.79. The average molecular weight is 299 g/mol. The number of hydrogen-bond acceptors (Lipinski definition) is 3. The van der Waals surface area contributed by atoms with Gasteiger partial charge in [0.05, 0.1) is 14.2 Å². The fraction of sp³-hybridized carbons (Fsp3) is 0.278. The van der Waals surface area contributed by atoms with Crippen LogP contribution in [-0.2, 0) is 11.2 Å². The molecule has 0 saturated carbocycles. The van der Waals surface area contributed by atoms with E-state index in [0.29, 0.717) is 13.0 Å². The molecule has 2 rings (SSSR count). The summed E-state index contributed by atoms with van der Waals surface area (Å²) in [6, 6.07) is 15.4. The third-order valence-corrected chi connectivity index (χ3v) is 3.54. The van der Waals surface area contributed by atoms with Crippen LogP contribution in [0.3, 0.4) is 0 Å². The van der Waals surface area contributed by atoms with E-state index in [9.17, 15) is 4.79 Å². The van der Waals surface area contributed by atoms with Crippen molar-refractivity contribution in [3.63, 3.8) is 0 Å². The molecule has 0 aliphatic heterocycles. The molecule has 0 heterocycles. The number of hydrogen-bond donors (Lipinski definition) is 0. The number of benzene rings is 2. The molecule has 2 aromatic carbocycles. The highest BCUT2D eigenvalue weighted by Gasteiger charge is 2.13. The first-order chi connectivity index (χ1) is 10.7. The largest absolute Gasteiger partial charge is 0.497 e. The number of ether oxygens (including phenoxy) is 2. The molecule has 0 bridgehead atoms. The van der Waals surface area contributed by atoms with Crippen LogP contribution in [0.4, 0.5) is 5.69 Å². The molecule has 0 N–H and O–H groups in total. The summed E-state index contributed by atoms with van der Waals surface area (Å²) in [6.45, 7) is 2.17. The Labute approximate surface area is 131 Å².